The summed E-state index contributed by atoms with van der Waals surface area (Å²) in [6, 6.07) is 6.63. The Morgan fingerprint density at radius 3 is 2.68 bits per heavy atom. The van der Waals surface area contributed by atoms with E-state index in [0.29, 0.717) is 17.9 Å². The number of hydrogen-bond donors (Lipinski definition) is 2. The highest BCUT2D eigenvalue weighted by Crippen LogP contribution is 2.28. The molecule has 118 valence electrons. The quantitative estimate of drug-likeness (QED) is 0.604. The topological polar surface area (TPSA) is 67.4 Å². The fourth-order valence-electron chi connectivity index (χ4n) is 2.17. The van der Waals surface area contributed by atoms with Gasteiger partial charge in [0.25, 0.3) is 0 Å². The van der Waals surface area contributed by atoms with Gasteiger partial charge >= 0.3 is 12.0 Å². The average Bonchev–Trinajstić information content (AvgIpc) is 2.47. The van der Waals surface area contributed by atoms with Crippen molar-refractivity contribution in [3.8, 4) is 0 Å². The van der Waals surface area contributed by atoms with Crippen molar-refractivity contribution in [3.05, 3.63) is 45.6 Å². The summed E-state index contributed by atoms with van der Waals surface area (Å²) >= 11 is 4.98. The molecular weight excluding hydrogens is 368 g/mol. The van der Waals surface area contributed by atoms with Crippen LogP contribution in [0.3, 0.4) is 0 Å². The smallest absolute Gasteiger partial charge is 0.338 e. The van der Waals surface area contributed by atoms with Gasteiger partial charge in [-0.1, -0.05) is 28.1 Å². The van der Waals surface area contributed by atoms with Crippen molar-refractivity contribution in [2.45, 2.75) is 13.0 Å². The Morgan fingerprint density at radius 1 is 1.36 bits per heavy atom. The normalized spacial score (nSPS) is 17.8. The first-order valence-corrected chi connectivity index (χ1v) is 8.91. The van der Waals surface area contributed by atoms with Gasteiger partial charge in [0.2, 0.25) is 0 Å². The lowest BCUT2D eigenvalue weighted by Crippen LogP contribution is -2.45. The van der Waals surface area contributed by atoms with Crippen molar-refractivity contribution in [1.29, 1.82) is 0 Å². The molecule has 1 aromatic carbocycles. The number of thioether (sulfide) groups is 1. The molecule has 0 unspecified atom stereocenters. The number of allylic oxidation sites excluding steroid dienone is 1. The summed E-state index contributed by atoms with van der Waals surface area (Å²) in [6.45, 7) is 2.05. The number of benzene rings is 1. The maximum Gasteiger partial charge on any atom is 0.338 e. The molecule has 0 aliphatic carbocycles. The molecule has 7 heteroatoms. The lowest BCUT2D eigenvalue weighted by atomic mass is 9.96. The Labute approximate surface area is 142 Å². The highest BCUT2D eigenvalue weighted by Gasteiger charge is 2.32. The van der Waals surface area contributed by atoms with Crippen LogP contribution in [0.2, 0.25) is 0 Å². The summed E-state index contributed by atoms with van der Waals surface area (Å²) < 4.78 is 6.22. The Bertz CT molecular complexity index is 601. The summed E-state index contributed by atoms with van der Waals surface area (Å²) in [5.74, 6) is 0.327. The van der Waals surface area contributed by atoms with Crippen molar-refractivity contribution >= 4 is 39.7 Å². The maximum absolute atomic E-state index is 12.4. The second-order valence-electron chi connectivity index (χ2n) is 4.75. The first-order chi connectivity index (χ1) is 10.5. The Kier molecular flexibility index (Phi) is 5.90. The van der Waals surface area contributed by atoms with Gasteiger partial charge in [-0.2, -0.15) is 11.8 Å². The Morgan fingerprint density at radius 2 is 2.05 bits per heavy atom. The molecule has 1 aliphatic heterocycles. The van der Waals surface area contributed by atoms with Crippen LogP contribution in [-0.2, 0) is 9.53 Å². The molecule has 0 spiro atoms. The molecule has 0 fully saturated rings. The molecule has 22 heavy (non-hydrogen) atoms. The number of amides is 2. The second-order valence-corrected chi connectivity index (χ2v) is 6.65. The molecule has 0 saturated heterocycles. The summed E-state index contributed by atoms with van der Waals surface area (Å²) in [5.41, 5.74) is 1.78. The third-order valence-electron chi connectivity index (χ3n) is 3.21. The summed E-state index contributed by atoms with van der Waals surface area (Å²) in [4.78, 5) is 24.1. The first-order valence-electron chi connectivity index (χ1n) is 6.72. The molecule has 5 nitrogen and oxygen atoms in total. The number of esters is 1. The zero-order chi connectivity index (χ0) is 16.1. The van der Waals surface area contributed by atoms with E-state index in [1.807, 2.05) is 30.5 Å². The first kappa shape index (κ1) is 16.9. The fraction of sp³-hybridized carbons (Fsp3) is 0.333. The van der Waals surface area contributed by atoms with E-state index in [0.717, 1.165) is 15.8 Å². The van der Waals surface area contributed by atoms with Gasteiger partial charge in [0, 0.05) is 15.9 Å². The zero-order valence-corrected chi connectivity index (χ0v) is 14.7. The van der Waals surface area contributed by atoms with Crippen molar-refractivity contribution in [3.63, 3.8) is 0 Å². The average molecular weight is 385 g/mol. The molecule has 0 saturated carbocycles. The number of rotatable bonds is 5. The Hall–Kier alpha value is -1.47. The number of halogens is 1. The van der Waals surface area contributed by atoms with Gasteiger partial charge in [0.1, 0.15) is 6.61 Å². The van der Waals surface area contributed by atoms with Crippen LogP contribution in [0.4, 0.5) is 4.79 Å². The van der Waals surface area contributed by atoms with Gasteiger partial charge in [0.05, 0.1) is 11.6 Å². The molecule has 0 aromatic heterocycles. The molecule has 0 bridgehead atoms. The van der Waals surface area contributed by atoms with Crippen LogP contribution in [0.1, 0.15) is 18.5 Å². The molecule has 0 radical (unpaired) electrons. The van der Waals surface area contributed by atoms with Gasteiger partial charge in [-0.25, -0.2) is 9.59 Å². The van der Waals surface area contributed by atoms with Gasteiger partial charge < -0.3 is 15.4 Å². The SMILES string of the molecule is CSCCOC(=O)C1=C(C)NC(=O)N[C@H]1c1ccc(Br)cc1. The minimum atomic E-state index is -0.511. The molecular formula is C15H17BrN2O3S. The minimum Gasteiger partial charge on any atom is -0.461 e. The third kappa shape index (κ3) is 4.04. The van der Waals surface area contributed by atoms with Crippen molar-refractivity contribution in [2.75, 3.05) is 18.6 Å². The fourth-order valence-corrected chi connectivity index (χ4v) is 2.68. The van der Waals surface area contributed by atoms with Crippen LogP contribution in [0.5, 0.6) is 0 Å². The van der Waals surface area contributed by atoms with Gasteiger partial charge in [0.15, 0.2) is 0 Å². The molecule has 1 aromatic rings. The predicted octanol–water partition coefficient (Wildman–Crippen LogP) is 2.98. The third-order valence-corrected chi connectivity index (χ3v) is 4.32. The van der Waals surface area contributed by atoms with E-state index >= 15 is 0 Å². The standard InChI is InChI=1S/C15H17BrN2O3S/c1-9-12(14(19)21-7-8-22-2)13(18-15(20)17-9)10-3-5-11(16)6-4-10/h3-6,13H,7-8H2,1-2H3,(H2,17,18,20)/t13-/m0/s1. The van der Waals surface area contributed by atoms with Crippen LogP contribution in [-0.4, -0.2) is 30.6 Å². The number of ether oxygens (including phenoxy) is 1. The molecule has 1 aliphatic rings. The number of urea groups is 1. The highest BCUT2D eigenvalue weighted by molar-refractivity contribution is 9.10. The number of nitrogens with one attached hydrogen (secondary N) is 2. The molecule has 1 atom stereocenters. The summed E-state index contributed by atoms with van der Waals surface area (Å²) in [6.07, 6.45) is 1.95. The maximum atomic E-state index is 12.4. The predicted molar refractivity (Wildman–Crippen MR) is 90.6 cm³/mol. The number of carbonyl (C=O) groups is 2. The van der Waals surface area contributed by atoms with E-state index < -0.39 is 12.0 Å². The molecule has 2 N–H and O–H groups in total. The van der Waals surface area contributed by atoms with E-state index in [1.165, 1.54) is 0 Å². The van der Waals surface area contributed by atoms with Crippen molar-refractivity contribution in [1.82, 2.24) is 10.6 Å². The van der Waals surface area contributed by atoms with Crippen molar-refractivity contribution < 1.29 is 14.3 Å². The van der Waals surface area contributed by atoms with E-state index in [-0.39, 0.29) is 6.03 Å². The van der Waals surface area contributed by atoms with E-state index in [9.17, 15) is 9.59 Å². The highest BCUT2D eigenvalue weighted by atomic mass is 79.9. The van der Waals surface area contributed by atoms with Crippen LogP contribution in [0, 0.1) is 0 Å². The van der Waals surface area contributed by atoms with Crippen LogP contribution >= 0.6 is 27.7 Å². The van der Waals surface area contributed by atoms with E-state index in [2.05, 4.69) is 26.6 Å². The minimum absolute atomic E-state index is 0.328. The monoisotopic (exact) mass is 384 g/mol. The largest absolute Gasteiger partial charge is 0.461 e. The second kappa shape index (κ2) is 7.69. The van der Waals surface area contributed by atoms with Gasteiger partial charge in [-0.15, -0.1) is 0 Å². The van der Waals surface area contributed by atoms with Crippen LogP contribution < -0.4 is 10.6 Å². The van der Waals surface area contributed by atoms with Crippen LogP contribution in [0.25, 0.3) is 0 Å². The van der Waals surface area contributed by atoms with Gasteiger partial charge in [-0.3, -0.25) is 0 Å². The lowest BCUT2D eigenvalue weighted by molar-refractivity contribution is -0.138. The van der Waals surface area contributed by atoms with E-state index in [4.69, 9.17) is 4.74 Å². The Balaban J connectivity index is 2.28. The molecule has 2 amide bonds. The van der Waals surface area contributed by atoms with E-state index in [1.54, 1.807) is 18.7 Å². The molecule has 2 rings (SSSR count). The summed E-state index contributed by atoms with van der Waals surface area (Å²) in [7, 11) is 0. The zero-order valence-electron chi connectivity index (χ0n) is 12.3. The number of hydrogen-bond acceptors (Lipinski definition) is 4. The van der Waals surface area contributed by atoms with Crippen molar-refractivity contribution in [2.24, 2.45) is 0 Å². The lowest BCUT2D eigenvalue weighted by Gasteiger charge is -2.28. The number of carbonyl (C=O) groups excluding carboxylic acids is 2. The molecule has 1 heterocycles. The summed E-state index contributed by atoms with van der Waals surface area (Å²) in [5, 5.41) is 5.40. The van der Waals surface area contributed by atoms with Crippen LogP contribution in [0.15, 0.2) is 40.0 Å². The van der Waals surface area contributed by atoms with Gasteiger partial charge in [-0.05, 0) is 30.9 Å².